The Labute approximate surface area is 162 Å². The van der Waals surface area contributed by atoms with Crippen LogP contribution in [-0.2, 0) is 20.9 Å². The van der Waals surface area contributed by atoms with Crippen LogP contribution in [0, 0.1) is 11.3 Å². The number of H-pyrrole nitrogens is 1. The summed E-state index contributed by atoms with van der Waals surface area (Å²) in [6.45, 7) is -1.10. The molecule has 0 fully saturated rings. The number of Topliss-reactive ketones (excluding diaryl/α,β-unsaturated/α-hetero) is 1. The average molecular weight is 398 g/mol. The highest BCUT2D eigenvalue weighted by Gasteiger charge is 2.28. The Kier molecular flexibility index (Phi) is 5.47. The first kappa shape index (κ1) is 19.2. The molecule has 10 heteroatoms. The van der Waals surface area contributed by atoms with Gasteiger partial charge in [0.1, 0.15) is 23.2 Å². The van der Waals surface area contributed by atoms with E-state index in [-0.39, 0.29) is 5.57 Å². The molecule has 1 aliphatic rings. The van der Waals surface area contributed by atoms with Gasteiger partial charge >= 0.3 is 11.7 Å². The smallest absolute Gasteiger partial charge is 0.328 e. The molecule has 0 spiro atoms. The second kappa shape index (κ2) is 7.98. The van der Waals surface area contributed by atoms with Crippen LogP contribution in [0.5, 0.6) is 0 Å². The van der Waals surface area contributed by atoms with Gasteiger partial charge in [0, 0.05) is 24.2 Å². The van der Waals surface area contributed by atoms with E-state index in [1.165, 1.54) is 11.8 Å². The van der Waals surface area contributed by atoms with Crippen molar-refractivity contribution in [3.8, 4) is 6.07 Å². The van der Waals surface area contributed by atoms with Gasteiger partial charge in [-0.1, -0.05) is 23.9 Å². The first-order valence-corrected chi connectivity index (χ1v) is 8.86. The van der Waals surface area contributed by atoms with E-state index >= 15 is 0 Å². The molecule has 0 radical (unpaired) electrons. The van der Waals surface area contributed by atoms with Crippen LogP contribution in [-0.4, -0.2) is 35.0 Å². The van der Waals surface area contributed by atoms with E-state index in [4.69, 9.17) is 4.74 Å². The first-order chi connectivity index (χ1) is 13.4. The highest BCUT2D eigenvalue weighted by atomic mass is 32.2. The molecule has 0 bridgehead atoms. The summed E-state index contributed by atoms with van der Waals surface area (Å²) in [5, 5.41) is 9.89. The predicted octanol–water partition coefficient (Wildman–Crippen LogP) is 0.626. The third-order valence-electron chi connectivity index (χ3n) is 3.90. The van der Waals surface area contributed by atoms with E-state index < -0.39 is 36.2 Å². The van der Waals surface area contributed by atoms with Crippen molar-refractivity contribution >= 4 is 29.2 Å². The number of nitrogens with one attached hydrogen (secondary N) is 1. The number of anilines is 1. The SMILES string of the molecule is CN1C(=C(C#N)C(=O)COC(=O)Cn2ccc(=O)[nH]c2=O)Sc2ccccc21. The Morgan fingerprint density at radius 1 is 1.25 bits per heavy atom. The number of nitrogens with zero attached hydrogens (tertiary/aromatic N) is 3. The predicted molar refractivity (Wildman–Crippen MR) is 101 cm³/mol. The Morgan fingerprint density at radius 3 is 2.68 bits per heavy atom. The van der Waals surface area contributed by atoms with E-state index in [0.29, 0.717) is 5.03 Å². The van der Waals surface area contributed by atoms with Gasteiger partial charge in [0.25, 0.3) is 5.56 Å². The minimum absolute atomic E-state index is 0.113. The number of carbonyl (C=O) groups is 2. The number of benzene rings is 1. The van der Waals surface area contributed by atoms with Crippen molar-refractivity contribution in [2.45, 2.75) is 11.4 Å². The van der Waals surface area contributed by atoms with Gasteiger partial charge in [-0.15, -0.1) is 0 Å². The van der Waals surface area contributed by atoms with Crippen LogP contribution in [0.25, 0.3) is 0 Å². The van der Waals surface area contributed by atoms with E-state index in [1.54, 1.807) is 11.9 Å². The number of ketones is 1. The second-order valence-electron chi connectivity index (χ2n) is 5.74. The number of aromatic amines is 1. The molecule has 28 heavy (non-hydrogen) atoms. The normalized spacial score (nSPS) is 14.2. The molecule has 1 N–H and O–H groups in total. The van der Waals surface area contributed by atoms with Crippen molar-refractivity contribution < 1.29 is 14.3 Å². The van der Waals surface area contributed by atoms with Crippen LogP contribution in [0.4, 0.5) is 5.69 Å². The van der Waals surface area contributed by atoms with Crippen molar-refractivity contribution in [3.05, 3.63) is 68.0 Å². The van der Waals surface area contributed by atoms with Crippen LogP contribution in [0.15, 0.2) is 61.6 Å². The number of nitriles is 1. The van der Waals surface area contributed by atoms with Crippen molar-refractivity contribution in [1.82, 2.24) is 9.55 Å². The van der Waals surface area contributed by atoms with Crippen LogP contribution < -0.4 is 16.1 Å². The first-order valence-electron chi connectivity index (χ1n) is 8.04. The van der Waals surface area contributed by atoms with Crippen LogP contribution in [0.3, 0.4) is 0 Å². The lowest BCUT2D eigenvalue weighted by atomic mass is 10.2. The fourth-order valence-electron chi connectivity index (χ4n) is 2.52. The minimum atomic E-state index is -0.847. The molecule has 3 rings (SSSR count). The molecule has 0 aliphatic carbocycles. The lowest BCUT2D eigenvalue weighted by molar-refractivity contribution is -0.147. The maximum atomic E-state index is 12.4. The van der Waals surface area contributed by atoms with Gasteiger partial charge in [-0.3, -0.25) is 23.9 Å². The molecule has 142 valence electrons. The maximum absolute atomic E-state index is 12.4. The Hall–Kier alpha value is -3.58. The lowest BCUT2D eigenvalue weighted by Gasteiger charge is -2.14. The molecule has 0 saturated carbocycles. The van der Waals surface area contributed by atoms with Crippen molar-refractivity contribution in [2.24, 2.45) is 0 Å². The molecule has 0 saturated heterocycles. The molecular weight excluding hydrogens is 384 g/mol. The molecule has 1 aromatic heterocycles. The van der Waals surface area contributed by atoms with E-state index in [1.807, 2.05) is 35.3 Å². The molecule has 0 atom stereocenters. The number of para-hydroxylation sites is 1. The summed E-state index contributed by atoms with van der Waals surface area (Å²) in [5.74, 6) is -1.49. The summed E-state index contributed by atoms with van der Waals surface area (Å²) in [6.07, 6.45) is 1.15. The van der Waals surface area contributed by atoms with Crippen LogP contribution >= 0.6 is 11.8 Å². The van der Waals surface area contributed by atoms with E-state index in [9.17, 15) is 24.4 Å². The standard InChI is InChI=1S/C18H14N4O5S/c1-21-12-4-2-3-5-14(12)28-17(21)11(8-19)13(23)10-27-16(25)9-22-7-6-15(24)20-18(22)26/h2-7H,9-10H2,1H3,(H,20,24,26). The summed E-state index contributed by atoms with van der Waals surface area (Å²) >= 11 is 1.29. The van der Waals surface area contributed by atoms with Crippen LogP contribution in [0.2, 0.25) is 0 Å². The highest BCUT2D eigenvalue weighted by molar-refractivity contribution is 8.03. The summed E-state index contributed by atoms with van der Waals surface area (Å²) in [5.41, 5.74) is -0.596. The van der Waals surface area contributed by atoms with Crippen molar-refractivity contribution in [3.63, 3.8) is 0 Å². The largest absolute Gasteiger partial charge is 0.456 e. The van der Waals surface area contributed by atoms with Gasteiger partial charge in [0.15, 0.2) is 6.61 Å². The van der Waals surface area contributed by atoms with Gasteiger partial charge in [-0.25, -0.2) is 4.79 Å². The number of hydrogen-bond donors (Lipinski definition) is 1. The molecule has 0 amide bonds. The zero-order valence-corrected chi connectivity index (χ0v) is 15.5. The fourth-order valence-corrected chi connectivity index (χ4v) is 3.68. The van der Waals surface area contributed by atoms with Crippen molar-refractivity contribution in [2.75, 3.05) is 18.6 Å². The third-order valence-corrected chi connectivity index (χ3v) is 5.14. The summed E-state index contributed by atoms with van der Waals surface area (Å²) in [6, 6.07) is 10.4. The quantitative estimate of drug-likeness (QED) is 0.442. The second-order valence-corrected chi connectivity index (χ2v) is 6.77. The monoisotopic (exact) mass is 398 g/mol. The zero-order valence-electron chi connectivity index (χ0n) is 14.7. The number of rotatable bonds is 5. The molecular formula is C18H14N4O5S. The van der Waals surface area contributed by atoms with Gasteiger partial charge in [0.05, 0.1) is 5.69 Å². The number of ether oxygens (including phenoxy) is 1. The van der Waals surface area contributed by atoms with Gasteiger partial charge in [-0.2, -0.15) is 5.26 Å². The Bertz CT molecular complexity index is 1140. The fraction of sp³-hybridized carbons (Fsp3) is 0.167. The molecule has 1 aliphatic heterocycles. The van der Waals surface area contributed by atoms with Gasteiger partial charge in [0.2, 0.25) is 5.78 Å². The molecule has 1 aromatic carbocycles. The van der Waals surface area contributed by atoms with E-state index in [2.05, 4.69) is 0 Å². The number of esters is 1. The number of aromatic nitrogens is 2. The summed E-state index contributed by atoms with van der Waals surface area (Å²) in [4.78, 5) is 51.5. The molecule has 2 aromatic rings. The molecule has 9 nitrogen and oxygen atoms in total. The molecule has 2 heterocycles. The Balaban J connectivity index is 1.68. The average Bonchev–Trinajstić information content (AvgIpc) is 3.00. The van der Waals surface area contributed by atoms with Crippen molar-refractivity contribution in [1.29, 1.82) is 5.26 Å². The minimum Gasteiger partial charge on any atom is -0.456 e. The van der Waals surface area contributed by atoms with Crippen LogP contribution in [0.1, 0.15) is 0 Å². The zero-order chi connectivity index (χ0) is 20.3. The third kappa shape index (κ3) is 3.89. The number of fused-ring (bicyclic) bond motifs is 1. The Morgan fingerprint density at radius 2 is 2.00 bits per heavy atom. The summed E-state index contributed by atoms with van der Waals surface area (Å²) in [7, 11) is 1.74. The number of hydrogen-bond acceptors (Lipinski definition) is 8. The lowest BCUT2D eigenvalue weighted by Crippen LogP contribution is -2.32. The van der Waals surface area contributed by atoms with E-state index in [0.717, 1.165) is 27.4 Å². The molecule has 0 unspecified atom stereocenters. The number of thioether (sulfide) groups is 1. The van der Waals surface area contributed by atoms with Gasteiger partial charge in [-0.05, 0) is 12.1 Å². The highest BCUT2D eigenvalue weighted by Crippen LogP contribution is 2.45. The number of carbonyl (C=O) groups excluding carboxylic acids is 2. The topological polar surface area (TPSA) is 125 Å². The maximum Gasteiger partial charge on any atom is 0.328 e. The van der Waals surface area contributed by atoms with Gasteiger partial charge < -0.3 is 9.64 Å². The summed E-state index contributed by atoms with van der Waals surface area (Å²) < 4.78 is 5.83.